The summed E-state index contributed by atoms with van der Waals surface area (Å²) in [4.78, 5) is 25.3. The molecule has 1 aromatic carbocycles. The maximum Gasteiger partial charge on any atom is 0.242 e. The molecule has 1 aliphatic heterocycles. The molecule has 28 heavy (non-hydrogen) atoms. The van der Waals surface area contributed by atoms with E-state index in [1.54, 1.807) is 4.68 Å². The monoisotopic (exact) mass is 517 g/mol. The van der Waals surface area contributed by atoms with E-state index in [-0.39, 0.29) is 29.9 Å². The van der Waals surface area contributed by atoms with Gasteiger partial charge in [-0.3, -0.25) is 9.48 Å². The molecule has 0 spiro atoms. The van der Waals surface area contributed by atoms with Gasteiger partial charge < -0.3 is 15.1 Å². The molecular weight excluding hydrogens is 493 g/mol. The summed E-state index contributed by atoms with van der Waals surface area (Å²) >= 11 is 5.93. The number of rotatable bonds is 5. The molecule has 1 saturated heterocycles. The van der Waals surface area contributed by atoms with Crippen LogP contribution in [0.4, 0.5) is 0 Å². The third-order valence-corrected chi connectivity index (χ3v) is 4.67. The average Bonchev–Trinajstić information content (AvgIpc) is 3.07. The van der Waals surface area contributed by atoms with E-state index in [1.165, 1.54) is 6.33 Å². The minimum atomic E-state index is 0. The van der Waals surface area contributed by atoms with Crippen molar-refractivity contribution in [1.29, 1.82) is 0 Å². The number of benzene rings is 1. The van der Waals surface area contributed by atoms with Gasteiger partial charge in [0.1, 0.15) is 18.7 Å². The topological polar surface area (TPSA) is 78.7 Å². The van der Waals surface area contributed by atoms with Crippen LogP contribution in [0.15, 0.2) is 35.6 Å². The smallest absolute Gasteiger partial charge is 0.242 e. The van der Waals surface area contributed by atoms with Crippen LogP contribution < -0.4 is 5.32 Å². The summed E-state index contributed by atoms with van der Waals surface area (Å²) in [7, 11) is 1.84. The van der Waals surface area contributed by atoms with E-state index in [0.717, 1.165) is 30.4 Å². The predicted molar refractivity (Wildman–Crippen MR) is 120 cm³/mol. The van der Waals surface area contributed by atoms with Crippen molar-refractivity contribution in [2.24, 2.45) is 12.0 Å². The van der Waals surface area contributed by atoms with Crippen LogP contribution in [0.2, 0.25) is 5.02 Å². The number of guanidine groups is 1. The first-order valence-electron chi connectivity index (χ1n) is 8.95. The fraction of sp³-hybridized carbons (Fsp3) is 0.444. The summed E-state index contributed by atoms with van der Waals surface area (Å²) in [5.41, 5.74) is 1.07. The second kappa shape index (κ2) is 10.6. The van der Waals surface area contributed by atoms with Gasteiger partial charge in [-0.05, 0) is 24.6 Å². The normalized spacial score (nSPS) is 14.8. The SMILES string of the molecule is CCNC(=NCc1ncnn1C)N1CCN(Cc2ccc(Cl)cc2)C(=O)C1.I. The average molecular weight is 518 g/mol. The lowest BCUT2D eigenvalue weighted by molar-refractivity contribution is -0.135. The number of hydrogen-bond donors (Lipinski definition) is 1. The van der Waals surface area contributed by atoms with Crippen LogP contribution in [0.1, 0.15) is 18.3 Å². The van der Waals surface area contributed by atoms with E-state index in [4.69, 9.17) is 11.6 Å². The van der Waals surface area contributed by atoms with E-state index < -0.39 is 0 Å². The van der Waals surface area contributed by atoms with Crippen LogP contribution in [0.25, 0.3) is 0 Å². The number of carbonyl (C=O) groups excluding carboxylic acids is 1. The Hall–Kier alpha value is -1.88. The molecule has 152 valence electrons. The van der Waals surface area contributed by atoms with Gasteiger partial charge in [0.15, 0.2) is 5.96 Å². The Morgan fingerprint density at radius 1 is 1.29 bits per heavy atom. The van der Waals surface area contributed by atoms with Crippen molar-refractivity contribution >= 4 is 47.4 Å². The van der Waals surface area contributed by atoms with E-state index in [9.17, 15) is 4.79 Å². The number of aryl methyl sites for hydroxylation is 1. The van der Waals surface area contributed by atoms with Crippen molar-refractivity contribution in [3.8, 4) is 0 Å². The highest BCUT2D eigenvalue weighted by molar-refractivity contribution is 14.0. The second-order valence-electron chi connectivity index (χ2n) is 6.33. The molecule has 1 amide bonds. The van der Waals surface area contributed by atoms with Gasteiger partial charge in [0, 0.05) is 38.2 Å². The molecule has 1 N–H and O–H groups in total. The van der Waals surface area contributed by atoms with Crippen molar-refractivity contribution in [2.75, 3.05) is 26.2 Å². The molecule has 0 aliphatic carbocycles. The maximum absolute atomic E-state index is 12.6. The van der Waals surface area contributed by atoms with Gasteiger partial charge in [-0.15, -0.1) is 24.0 Å². The summed E-state index contributed by atoms with van der Waals surface area (Å²) in [5, 5.41) is 8.01. The third-order valence-electron chi connectivity index (χ3n) is 4.42. The van der Waals surface area contributed by atoms with Crippen LogP contribution in [0, 0.1) is 0 Å². The standard InChI is InChI=1S/C18H24ClN7O.HI/c1-3-20-18(21-10-16-22-13-23-24(16)2)26-9-8-25(17(27)12-26)11-14-4-6-15(19)7-5-14;/h4-7,13H,3,8-12H2,1-2H3,(H,20,21);1H. The van der Waals surface area contributed by atoms with Crippen LogP contribution >= 0.6 is 35.6 Å². The number of carbonyl (C=O) groups is 1. The molecule has 3 rings (SSSR count). The highest BCUT2D eigenvalue weighted by atomic mass is 127. The molecule has 0 radical (unpaired) electrons. The fourth-order valence-corrected chi connectivity index (χ4v) is 3.03. The van der Waals surface area contributed by atoms with Gasteiger partial charge in [0.25, 0.3) is 0 Å². The third kappa shape index (κ3) is 5.81. The number of nitrogens with zero attached hydrogens (tertiary/aromatic N) is 6. The van der Waals surface area contributed by atoms with Crippen molar-refractivity contribution in [3.05, 3.63) is 47.0 Å². The summed E-state index contributed by atoms with van der Waals surface area (Å²) in [6.07, 6.45) is 1.51. The van der Waals surface area contributed by atoms with Gasteiger partial charge >= 0.3 is 0 Å². The van der Waals surface area contributed by atoms with Crippen molar-refractivity contribution in [2.45, 2.75) is 20.0 Å². The van der Waals surface area contributed by atoms with Crippen molar-refractivity contribution < 1.29 is 4.79 Å². The van der Waals surface area contributed by atoms with Crippen LogP contribution in [-0.4, -0.2) is 62.6 Å². The molecule has 0 saturated carbocycles. The number of aromatic nitrogens is 3. The Morgan fingerprint density at radius 3 is 2.64 bits per heavy atom. The summed E-state index contributed by atoms with van der Waals surface area (Å²) in [6, 6.07) is 7.60. The summed E-state index contributed by atoms with van der Waals surface area (Å²) in [6.45, 7) is 5.43. The number of amides is 1. The van der Waals surface area contributed by atoms with Crippen LogP contribution in [0.5, 0.6) is 0 Å². The van der Waals surface area contributed by atoms with E-state index in [0.29, 0.717) is 31.2 Å². The zero-order chi connectivity index (χ0) is 19.2. The maximum atomic E-state index is 12.6. The zero-order valence-electron chi connectivity index (χ0n) is 16.0. The molecular formula is C18H25ClIN7O. The molecule has 2 aromatic rings. The Balaban J connectivity index is 0.00000280. The number of nitrogens with one attached hydrogen (secondary N) is 1. The Kier molecular flexibility index (Phi) is 8.49. The molecule has 2 heterocycles. The highest BCUT2D eigenvalue weighted by Crippen LogP contribution is 2.13. The summed E-state index contributed by atoms with van der Waals surface area (Å²) < 4.78 is 1.70. The Morgan fingerprint density at radius 2 is 2.04 bits per heavy atom. The molecule has 10 heteroatoms. The van der Waals surface area contributed by atoms with E-state index >= 15 is 0 Å². The first kappa shape index (κ1) is 22.4. The predicted octanol–water partition coefficient (Wildman–Crippen LogP) is 1.90. The molecule has 0 bridgehead atoms. The fourth-order valence-electron chi connectivity index (χ4n) is 2.90. The highest BCUT2D eigenvalue weighted by Gasteiger charge is 2.26. The minimum Gasteiger partial charge on any atom is -0.356 e. The largest absolute Gasteiger partial charge is 0.356 e. The number of halogens is 2. The number of aliphatic imine (C=N–C) groups is 1. The Labute approximate surface area is 187 Å². The molecule has 0 atom stereocenters. The van der Waals surface area contributed by atoms with Gasteiger partial charge in [0.2, 0.25) is 5.91 Å². The van der Waals surface area contributed by atoms with Gasteiger partial charge in [0.05, 0.1) is 6.54 Å². The molecule has 1 aromatic heterocycles. The second-order valence-corrected chi connectivity index (χ2v) is 6.77. The molecule has 1 aliphatic rings. The summed E-state index contributed by atoms with van der Waals surface area (Å²) in [5.74, 6) is 1.58. The van der Waals surface area contributed by atoms with E-state index in [1.807, 2.05) is 48.0 Å². The van der Waals surface area contributed by atoms with Gasteiger partial charge in [-0.2, -0.15) is 5.10 Å². The molecule has 1 fully saturated rings. The van der Waals surface area contributed by atoms with Crippen LogP contribution in [0.3, 0.4) is 0 Å². The van der Waals surface area contributed by atoms with Gasteiger partial charge in [-0.25, -0.2) is 9.98 Å². The lowest BCUT2D eigenvalue weighted by Gasteiger charge is -2.36. The number of piperazine rings is 1. The zero-order valence-corrected chi connectivity index (χ0v) is 19.1. The Bertz CT molecular complexity index is 809. The number of hydrogen-bond acceptors (Lipinski definition) is 4. The van der Waals surface area contributed by atoms with E-state index in [2.05, 4.69) is 20.4 Å². The molecule has 0 unspecified atom stereocenters. The minimum absolute atomic E-state index is 0. The first-order valence-corrected chi connectivity index (χ1v) is 9.33. The van der Waals surface area contributed by atoms with Crippen LogP contribution in [-0.2, 0) is 24.9 Å². The molecule has 8 nitrogen and oxygen atoms in total. The van der Waals surface area contributed by atoms with Crippen molar-refractivity contribution in [3.63, 3.8) is 0 Å². The lowest BCUT2D eigenvalue weighted by atomic mass is 10.2. The van der Waals surface area contributed by atoms with Crippen molar-refractivity contribution in [1.82, 2.24) is 29.9 Å². The lowest BCUT2D eigenvalue weighted by Crippen LogP contribution is -2.54. The first-order chi connectivity index (χ1) is 13.1. The van der Waals surface area contributed by atoms with Gasteiger partial charge in [-0.1, -0.05) is 23.7 Å². The quantitative estimate of drug-likeness (QED) is 0.372.